The normalized spacial score (nSPS) is 21.7. The van der Waals surface area contributed by atoms with Crippen LogP contribution in [0.1, 0.15) is 33.1 Å². The Morgan fingerprint density at radius 1 is 1.52 bits per heavy atom. The standard InChI is InChI=1S/C16H28N4O/c1-13(12-20-8-4-7-19-20)10-18-16(21)9-14(2)15-5-3-6-17-11-15/h4,7-8,13-15,17H,3,5-6,9-12H2,1-2H3,(H,18,21). The molecule has 0 bridgehead atoms. The Hall–Kier alpha value is -1.36. The smallest absolute Gasteiger partial charge is 0.220 e. The van der Waals surface area contributed by atoms with Crippen molar-refractivity contribution in [3.63, 3.8) is 0 Å². The van der Waals surface area contributed by atoms with Crippen molar-refractivity contribution in [1.82, 2.24) is 20.4 Å². The molecule has 2 N–H and O–H groups in total. The van der Waals surface area contributed by atoms with Crippen LogP contribution in [-0.4, -0.2) is 35.3 Å². The first-order chi connectivity index (χ1) is 10.1. The van der Waals surface area contributed by atoms with Gasteiger partial charge in [-0.2, -0.15) is 5.10 Å². The summed E-state index contributed by atoms with van der Waals surface area (Å²) >= 11 is 0. The van der Waals surface area contributed by atoms with Crippen molar-refractivity contribution in [2.75, 3.05) is 19.6 Å². The Kier molecular flexibility index (Phi) is 6.23. The highest BCUT2D eigenvalue weighted by Crippen LogP contribution is 2.22. The molecule has 5 nitrogen and oxygen atoms in total. The number of nitrogens with one attached hydrogen (secondary N) is 2. The molecule has 0 radical (unpaired) electrons. The second-order valence-electron chi connectivity index (χ2n) is 6.43. The minimum atomic E-state index is 0.181. The van der Waals surface area contributed by atoms with Crippen LogP contribution in [0.4, 0.5) is 0 Å². The summed E-state index contributed by atoms with van der Waals surface area (Å²) in [4.78, 5) is 12.0. The van der Waals surface area contributed by atoms with Gasteiger partial charge in [-0.3, -0.25) is 9.48 Å². The van der Waals surface area contributed by atoms with E-state index in [1.165, 1.54) is 12.8 Å². The van der Waals surface area contributed by atoms with Gasteiger partial charge < -0.3 is 10.6 Å². The highest BCUT2D eigenvalue weighted by molar-refractivity contribution is 5.76. The number of carbonyl (C=O) groups is 1. The van der Waals surface area contributed by atoms with Crippen molar-refractivity contribution in [2.45, 2.75) is 39.7 Å². The first-order valence-corrected chi connectivity index (χ1v) is 8.10. The topological polar surface area (TPSA) is 59.0 Å². The zero-order valence-corrected chi connectivity index (χ0v) is 13.2. The van der Waals surface area contributed by atoms with Crippen LogP contribution in [0.3, 0.4) is 0 Å². The highest BCUT2D eigenvalue weighted by atomic mass is 16.1. The quantitative estimate of drug-likeness (QED) is 0.803. The lowest BCUT2D eigenvalue weighted by Crippen LogP contribution is -2.36. The van der Waals surface area contributed by atoms with E-state index in [1.54, 1.807) is 6.20 Å². The maximum Gasteiger partial charge on any atom is 0.220 e. The zero-order chi connectivity index (χ0) is 15.1. The van der Waals surface area contributed by atoms with Gasteiger partial charge in [-0.25, -0.2) is 0 Å². The number of hydrogen-bond acceptors (Lipinski definition) is 3. The van der Waals surface area contributed by atoms with E-state index in [-0.39, 0.29) is 5.91 Å². The van der Waals surface area contributed by atoms with Crippen LogP contribution in [0, 0.1) is 17.8 Å². The van der Waals surface area contributed by atoms with Gasteiger partial charge >= 0.3 is 0 Å². The van der Waals surface area contributed by atoms with Gasteiger partial charge in [0.2, 0.25) is 5.91 Å². The highest BCUT2D eigenvalue weighted by Gasteiger charge is 2.22. The van der Waals surface area contributed by atoms with Crippen LogP contribution in [0.25, 0.3) is 0 Å². The van der Waals surface area contributed by atoms with Crippen molar-refractivity contribution in [2.24, 2.45) is 17.8 Å². The van der Waals surface area contributed by atoms with E-state index in [4.69, 9.17) is 0 Å². The molecule has 1 aromatic rings. The molecule has 1 aliphatic heterocycles. The Morgan fingerprint density at radius 2 is 2.38 bits per heavy atom. The molecule has 0 saturated carbocycles. The molecule has 118 valence electrons. The molecule has 3 unspecified atom stereocenters. The summed E-state index contributed by atoms with van der Waals surface area (Å²) in [6.45, 7) is 8.08. The van der Waals surface area contributed by atoms with Gasteiger partial charge in [0.05, 0.1) is 0 Å². The first-order valence-electron chi connectivity index (χ1n) is 8.10. The maximum absolute atomic E-state index is 12.0. The third-order valence-corrected chi connectivity index (χ3v) is 4.35. The fourth-order valence-electron chi connectivity index (χ4n) is 2.98. The summed E-state index contributed by atoms with van der Waals surface area (Å²) in [5.41, 5.74) is 0. The van der Waals surface area contributed by atoms with Crippen LogP contribution < -0.4 is 10.6 Å². The van der Waals surface area contributed by atoms with Crippen molar-refractivity contribution in [3.05, 3.63) is 18.5 Å². The molecule has 1 amide bonds. The van der Waals surface area contributed by atoms with Crippen molar-refractivity contribution in [1.29, 1.82) is 0 Å². The van der Waals surface area contributed by atoms with Gasteiger partial charge in [0.15, 0.2) is 0 Å². The number of carbonyl (C=O) groups excluding carboxylic acids is 1. The second kappa shape index (κ2) is 8.17. The van der Waals surface area contributed by atoms with Gasteiger partial charge in [-0.1, -0.05) is 13.8 Å². The first kappa shape index (κ1) is 16.0. The molecule has 0 spiro atoms. The van der Waals surface area contributed by atoms with E-state index in [1.807, 2.05) is 16.9 Å². The van der Waals surface area contributed by atoms with Crippen molar-refractivity contribution in [3.8, 4) is 0 Å². The number of rotatable bonds is 7. The second-order valence-corrected chi connectivity index (χ2v) is 6.43. The molecule has 0 aliphatic carbocycles. The molecule has 3 atom stereocenters. The molecule has 5 heteroatoms. The molecule has 1 fully saturated rings. The summed E-state index contributed by atoms with van der Waals surface area (Å²) in [6.07, 6.45) is 6.86. The summed E-state index contributed by atoms with van der Waals surface area (Å²) in [5.74, 6) is 1.67. The minimum absolute atomic E-state index is 0.181. The number of aromatic nitrogens is 2. The average Bonchev–Trinajstić information content (AvgIpc) is 2.99. The number of amides is 1. The van der Waals surface area contributed by atoms with Gasteiger partial charge in [0.25, 0.3) is 0 Å². The monoisotopic (exact) mass is 292 g/mol. The van der Waals surface area contributed by atoms with Crippen LogP contribution >= 0.6 is 0 Å². The Morgan fingerprint density at radius 3 is 3.05 bits per heavy atom. The molecule has 0 aromatic carbocycles. The minimum Gasteiger partial charge on any atom is -0.356 e. The summed E-state index contributed by atoms with van der Waals surface area (Å²) in [5, 5.41) is 10.7. The third kappa shape index (κ3) is 5.50. The summed E-state index contributed by atoms with van der Waals surface area (Å²) in [6, 6.07) is 1.92. The van der Waals surface area contributed by atoms with Crippen LogP contribution in [0.5, 0.6) is 0 Å². The van der Waals surface area contributed by atoms with E-state index in [0.717, 1.165) is 19.6 Å². The molecule has 1 aliphatic rings. The van der Waals surface area contributed by atoms with E-state index in [9.17, 15) is 4.79 Å². The van der Waals surface area contributed by atoms with Crippen LogP contribution in [-0.2, 0) is 11.3 Å². The molecular weight excluding hydrogens is 264 g/mol. The average molecular weight is 292 g/mol. The molecule has 21 heavy (non-hydrogen) atoms. The predicted molar refractivity (Wildman–Crippen MR) is 83.8 cm³/mol. The third-order valence-electron chi connectivity index (χ3n) is 4.35. The van der Waals surface area contributed by atoms with Gasteiger partial charge in [0.1, 0.15) is 0 Å². The van der Waals surface area contributed by atoms with E-state index < -0.39 is 0 Å². The molecular formula is C16H28N4O. The van der Waals surface area contributed by atoms with E-state index in [0.29, 0.717) is 30.7 Å². The Balaban J connectivity index is 1.64. The largest absolute Gasteiger partial charge is 0.356 e. The maximum atomic E-state index is 12.0. The van der Waals surface area contributed by atoms with Gasteiger partial charge in [-0.05, 0) is 49.8 Å². The number of hydrogen-bond donors (Lipinski definition) is 2. The van der Waals surface area contributed by atoms with Crippen LogP contribution in [0.15, 0.2) is 18.5 Å². The van der Waals surface area contributed by atoms with Crippen molar-refractivity contribution >= 4 is 5.91 Å². The lowest BCUT2D eigenvalue weighted by molar-refractivity contribution is -0.122. The number of nitrogens with zero attached hydrogens (tertiary/aromatic N) is 2. The molecule has 2 heterocycles. The molecule has 1 saturated heterocycles. The summed E-state index contributed by atoms with van der Waals surface area (Å²) in [7, 11) is 0. The van der Waals surface area contributed by atoms with Gasteiger partial charge in [0, 0.05) is 31.9 Å². The fourth-order valence-corrected chi connectivity index (χ4v) is 2.98. The Bertz CT molecular complexity index is 412. The SMILES string of the molecule is CC(CNC(=O)CC(C)C1CCCNC1)Cn1cccn1. The van der Waals surface area contributed by atoms with Crippen molar-refractivity contribution < 1.29 is 4.79 Å². The summed E-state index contributed by atoms with van der Waals surface area (Å²) < 4.78 is 1.91. The number of piperidine rings is 1. The zero-order valence-electron chi connectivity index (χ0n) is 13.2. The lowest BCUT2D eigenvalue weighted by atomic mass is 9.85. The van der Waals surface area contributed by atoms with Gasteiger partial charge in [-0.15, -0.1) is 0 Å². The molecule has 2 rings (SSSR count). The van der Waals surface area contributed by atoms with E-state index in [2.05, 4.69) is 29.6 Å². The lowest BCUT2D eigenvalue weighted by Gasteiger charge is -2.28. The molecule has 1 aromatic heterocycles. The van der Waals surface area contributed by atoms with Crippen LogP contribution in [0.2, 0.25) is 0 Å². The fraction of sp³-hybridized carbons (Fsp3) is 0.750. The predicted octanol–water partition coefficient (Wildman–Crippen LogP) is 1.66. The van der Waals surface area contributed by atoms with E-state index >= 15 is 0 Å². The Labute approximate surface area is 127 Å².